The predicted octanol–water partition coefficient (Wildman–Crippen LogP) is 3.63. The molecule has 3 N–H and O–H groups in total. The molecule has 0 bridgehead atoms. The minimum absolute atomic E-state index is 0.460. The highest BCUT2D eigenvalue weighted by Crippen LogP contribution is 2.24. The van der Waals surface area contributed by atoms with Gasteiger partial charge in [-0.15, -0.1) is 0 Å². The Labute approximate surface area is 197 Å². The van der Waals surface area contributed by atoms with Gasteiger partial charge in [0.2, 0.25) is 5.95 Å². The number of nitrogens with one attached hydrogen (secondary N) is 3. The third-order valence-electron chi connectivity index (χ3n) is 6.34. The molecule has 1 fully saturated rings. The Morgan fingerprint density at radius 3 is 2.53 bits per heavy atom. The van der Waals surface area contributed by atoms with Crippen molar-refractivity contribution < 1.29 is 4.42 Å². The smallest absolute Gasteiger partial charge is 0.408 e. The number of H-pyrrole nitrogens is 1. The molecule has 5 rings (SSSR count). The number of piperazine rings is 1. The highest BCUT2D eigenvalue weighted by molar-refractivity contribution is 5.78. The van der Waals surface area contributed by atoms with Crippen LogP contribution in [0.3, 0.4) is 0 Å². The van der Waals surface area contributed by atoms with E-state index in [2.05, 4.69) is 61.3 Å². The minimum Gasteiger partial charge on any atom is -0.408 e. The zero-order valence-electron chi connectivity index (χ0n) is 19.7. The Morgan fingerprint density at radius 2 is 1.79 bits per heavy atom. The SMILES string of the molecule is Cc1cnc(Nc2ccc(N3C[C@@H](C)N(C)[C@@H](C)C3)nc2)nc1Nc1ccc2oc(=O)[nH]c2c1. The fourth-order valence-corrected chi connectivity index (χ4v) is 4.16. The number of rotatable bonds is 5. The van der Waals surface area contributed by atoms with Gasteiger partial charge in [0.1, 0.15) is 11.6 Å². The number of benzene rings is 1. The second kappa shape index (κ2) is 8.79. The lowest BCUT2D eigenvalue weighted by Crippen LogP contribution is -2.55. The number of fused-ring (bicyclic) bond motifs is 1. The van der Waals surface area contributed by atoms with Crippen LogP contribution in [0, 0.1) is 6.92 Å². The summed E-state index contributed by atoms with van der Waals surface area (Å²) in [6.45, 7) is 8.32. The maximum atomic E-state index is 11.4. The fourth-order valence-electron chi connectivity index (χ4n) is 4.16. The zero-order valence-corrected chi connectivity index (χ0v) is 19.7. The number of hydrogen-bond donors (Lipinski definition) is 3. The summed E-state index contributed by atoms with van der Waals surface area (Å²) in [6, 6.07) is 10.3. The average Bonchev–Trinajstić information content (AvgIpc) is 3.19. The van der Waals surface area contributed by atoms with Crippen LogP contribution >= 0.6 is 0 Å². The van der Waals surface area contributed by atoms with Gasteiger partial charge in [-0.2, -0.15) is 4.98 Å². The first-order valence-corrected chi connectivity index (χ1v) is 11.3. The number of anilines is 5. The van der Waals surface area contributed by atoms with Crippen LogP contribution in [0.25, 0.3) is 11.1 Å². The van der Waals surface area contributed by atoms with Gasteiger partial charge in [-0.1, -0.05) is 0 Å². The van der Waals surface area contributed by atoms with Crippen molar-refractivity contribution in [3.63, 3.8) is 0 Å². The van der Waals surface area contributed by atoms with Gasteiger partial charge in [0.25, 0.3) is 0 Å². The first-order valence-electron chi connectivity index (χ1n) is 11.3. The van der Waals surface area contributed by atoms with E-state index in [1.807, 2.05) is 31.3 Å². The summed E-state index contributed by atoms with van der Waals surface area (Å²) in [5.74, 6) is 1.61. The minimum atomic E-state index is -0.479. The Balaban J connectivity index is 1.30. The third kappa shape index (κ3) is 4.44. The van der Waals surface area contributed by atoms with E-state index in [0.29, 0.717) is 34.9 Å². The van der Waals surface area contributed by atoms with Crippen molar-refractivity contribution in [1.29, 1.82) is 0 Å². The molecule has 0 unspecified atom stereocenters. The van der Waals surface area contributed by atoms with Crippen molar-refractivity contribution >= 4 is 40.1 Å². The Morgan fingerprint density at radius 1 is 1.03 bits per heavy atom. The lowest BCUT2D eigenvalue weighted by atomic mass is 10.1. The molecule has 0 spiro atoms. The summed E-state index contributed by atoms with van der Waals surface area (Å²) in [6.07, 6.45) is 3.56. The maximum absolute atomic E-state index is 11.4. The third-order valence-corrected chi connectivity index (χ3v) is 6.34. The zero-order chi connectivity index (χ0) is 23.8. The van der Waals surface area contributed by atoms with Crippen molar-refractivity contribution in [2.24, 2.45) is 0 Å². The lowest BCUT2D eigenvalue weighted by molar-refractivity contribution is 0.169. The molecular weight excluding hydrogens is 432 g/mol. The van der Waals surface area contributed by atoms with Crippen molar-refractivity contribution in [2.75, 3.05) is 35.7 Å². The molecular formula is C24H28N8O2. The largest absolute Gasteiger partial charge is 0.417 e. The van der Waals surface area contributed by atoms with Crippen LogP contribution in [-0.2, 0) is 0 Å². The van der Waals surface area contributed by atoms with Gasteiger partial charge in [-0.05, 0) is 58.2 Å². The van der Waals surface area contributed by atoms with E-state index in [4.69, 9.17) is 4.42 Å². The topological polar surface area (TPSA) is 115 Å². The van der Waals surface area contributed by atoms with Crippen molar-refractivity contribution in [3.8, 4) is 0 Å². The maximum Gasteiger partial charge on any atom is 0.417 e. The summed E-state index contributed by atoms with van der Waals surface area (Å²) < 4.78 is 5.06. The normalized spacial score (nSPS) is 18.9. The summed E-state index contributed by atoms with van der Waals surface area (Å²) in [7, 11) is 2.17. The molecule has 176 valence electrons. The monoisotopic (exact) mass is 460 g/mol. The highest BCUT2D eigenvalue weighted by atomic mass is 16.4. The molecule has 1 aliphatic rings. The first kappa shape index (κ1) is 21.9. The van der Waals surface area contributed by atoms with Crippen LogP contribution in [0.4, 0.5) is 29.0 Å². The molecule has 1 aliphatic heterocycles. The second-order valence-electron chi connectivity index (χ2n) is 8.87. The summed E-state index contributed by atoms with van der Waals surface area (Å²) in [4.78, 5) is 32.5. The van der Waals surface area contributed by atoms with Gasteiger partial charge >= 0.3 is 5.76 Å². The Bertz CT molecular complexity index is 1350. The molecule has 2 atom stereocenters. The van der Waals surface area contributed by atoms with Crippen LogP contribution in [-0.4, -0.2) is 57.1 Å². The molecule has 1 saturated heterocycles. The molecule has 0 amide bonds. The summed E-state index contributed by atoms with van der Waals surface area (Å²) in [5, 5.41) is 6.51. The average molecular weight is 461 g/mol. The molecule has 1 aromatic carbocycles. The lowest BCUT2D eigenvalue weighted by Gasteiger charge is -2.43. The first-order chi connectivity index (χ1) is 16.4. The predicted molar refractivity (Wildman–Crippen MR) is 133 cm³/mol. The molecule has 0 saturated carbocycles. The number of pyridine rings is 1. The summed E-state index contributed by atoms with van der Waals surface area (Å²) >= 11 is 0. The molecule has 0 radical (unpaired) electrons. The van der Waals surface area contributed by atoms with Gasteiger partial charge in [-0.25, -0.2) is 14.8 Å². The standard InChI is InChI=1S/C24H28N8O2/c1-14-10-26-23(30-22(14)27-17-5-7-20-19(9-17)29-24(33)34-20)28-18-6-8-21(25-11-18)32-12-15(2)31(4)16(3)13-32/h5-11,15-16H,12-13H2,1-4H3,(H,29,33)(H2,26,27,28,30)/t15-,16+. The molecule has 10 heteroatoms. The number of aromatic amines is 1. The van der Waals surface area contributed by atoms with Crippen molar-refractivity contribution in [3.05, 3.63) is 58.8 Å². The molecule has 4 aromatic rings. The van der Waals surface area contributed by atoms with E-state index in [0.717, 1.165) is 35.8 Å². The number of oxazole rings is 1. The van der Waals surface area contributed by atoms with Crippen LogP contribution < -0.4 is 21.3 Å². The van der Waals surface area contributed by atoms with E-state index in [-0.39, 0.29) is 0 Å². The van der Waals surface area contributed by atoms with E-state index < -0.39 is 5.76 Å². The number of nitrogens with zero attached hydrogens (tertiary/aromatic N) is 5. The second-order valence-corrected chi connectivity index (χ2v) is 8.87. The Hall–Kier alpha value is -3.92. The quantitative estimate of drug-likeness (QED) is 0.411. The van der Waals surface area contributed by atoms with E-state index >= 15 is 0 Å². The van der Waals surface area contributed by atoms with Gasteiger partial charge in [0, 0.05) is 42.6 Å². The van der Waals surface area contributed by atoms with E-state index in [9.17, 15) is 4.79 Å². The van der Waals surface area contributed by atoms with Crippen molar-refractivity contribution in [2.45, 2.75) is 32.9 Å². The molecule has 4 heterocycles. The molecule has 10 nitrogen and oxygen atoms in total. The van der Waals surface area contributed by atoms with Crippen LogP contribution in [0.15, 0.2) is 51.9 Å². The summed E-state index contributed by atoms with van der Waals surface area (Å²) in [5.41, 5.74) is 3.60. The van der Waals surface area contributed by atoms with Crippen LogP contribution in [0.5, 0.6) is 0 Å². The molecule has 3 aromatic heterocycles. The Kier molecular flexibility index (Phi) is 5.66. The van der Waals surface area contributed by atoms with Gasteiger partial charge in [-0.3, -0.25) is 9.88 Å². The number of aryl methyl sites for hydroxylation is 1. The number of aromatic nitrogens is 4. The van der Waals surface area contributed by atoms with Gasteiger partial charge in [0.15, 0.2) is 5.58 Å². The van der Waals surface area contributed by atoms with Crippen LogP contribution in [0.2, 0.25) is 0 Å². The van der Waals surface area contributed by atoms with Crippen molar-refractivity contribution in [1.82, 2.24) is 24.8 Å². The van der Waals surface area contributed by atoms with E-state index in [1.54, 1.807) is 18.3 Å². The van der Waals surface area contributed by atoms with Crippen LogP contribution in [0.1, 0.15) is 19.4 Å². The van der Waals surface area contributed by atoms with E-state index in [1.165, 1.54) is 0 Å². The fraction of sp³-hybridized carbons (Fsp3) is 0.333. The van der Waals surface area contributed by atoms with Gasteiger partial charge < -0.3 is 20.0 Å². The van der Waals surface area contributed by atoms with Gasteiger partial charge in [0.05, 0.1) is 17.4 Å². The number of hydrogen-bond acceptors (Lipinski definition) is 9. The molecule has 34 heavy (non-hydrogen) atoms. The molecule has 0 aliphatic carbocycles. The number of likely N-dealkylation sites (N-methyl/N-ethyl adjacent to an activating group) is 1. The highest BCUT2D eigenvalue weighted by Gasteiger charge is 2.27.